The van der Waals surface area contributed by atoms with Gasteiger partial charge in [0.15, 0.2) is 0 Å². The lowest BCUT2D eigenvalue weighted by Crippen LogP contribution is -2.15. The second kappa shape index (κ2) is 5.10. The molecule has 96 valence electrons. The maximum Gasteiger partial charge on any atom is 0.285 e. The normalized spacial score (nSPS) is 10.9. The molecule has 0 aliphatic heterocycles. The van der Waals surface area contributed by atoms with Crippen LogP contribution in [-0.4, -0.2) is 9.78 Å². The summed E-state index contributed by atoms with van der Waals surface area (Å²) >= 11 is 3.30. The molecule has 0 saturated heterocycles. The predicted octanol–water partition coefficient (Wildman–Crippen LogP) is 3.33. The van der Waals surface area contributed by atoms with Gasteiger partial charge in [-0.05, 0) is 53.0 Å². The highest BCUT2D eigenvalue weighted by Crippen LogP contribution is 2.17. The topological polar surface area (TPSA) is 37.8 Å². The number of aromatic amines is 1. The molecule has 18 heavy (non-hydrogen) atoms. The van der Waals surface area contributed by atoms with E-state index in [1.165, 1.54) is 16.8 Å². The second-order valence-electron chi connectivity index (χ2n) is 4.23. The van der Waals surface area contributed by atoms with Crippen LogP contribution in [0.3, 0.4) is 0 Å². The third-order valence-corrected chi connectivity index (χ3v) is 3.62. The minimum absolute atomic E-state index is 0.145. The Labute approximate surface area is 113 Å². The van der Waals surface area contributed by atoms with Crippen LogP contribution in [0.2, 0.25) is 0 Å². The van der Waals surface area contributed by atoms with Crippen LogP contribution < -0.4 is 5.56 Å². The van der Waals surface area contributed by atoms with E-state index >= 15 is 0 Å². The second-order valence-corrected chi connectivity index (χ2v) is 5.02. The Morgan fingerprint density at radius 2 is 2.17 bits per heavy atom. The first kappa shape index (κ1) is 13.1. The van der Waals surface area contributed by atoms with E-state index in [4.69, 9.17) is 0 Å². The summed E-state index contributed by atoms with van der Waals surface area (Å²) in [5.41, 5.74) is 2.11. The molecule has 2 rings (SSSR count). The van der Waals surface area contributed by atoms with Gasteiger partial charge in [0.25, 0.3) is 5.56 Å². The Morgan fingerprint density at radius 3 is 2.78 bits per heavy atom. The molecule has 0 radical (unpaired) electrons. The first-order valence-electron chi connectivity index (χ1n) is 5.80. The van der Waals surface area contributed by atoms with Crippen LogP contribution in [0.25, 0.3) is 5.69 Å². The molecule has 0 spiro atoms. The van der Waals surface area contributed by atoms with Crippen LogP contribution in [0.15, 0.2) is 27.5 Å². The Morgan fingerprint density at radius 1 is 1.44 bits per heavy atom. The van der Waals surface area contributed by atoms with E-state index in [1.807, 2.05) is 6.92 Å². The zero-order valence-electron chi connectivity index (χ0n) is 10.3. The highest BCUT2D eigenvalue weighted by atomic mass is 79.9. The van der Waals surface area contributed by atoms with E-state index in [-0.39, 0.29) is 11.4 Å². The summed E-state index contributed by atoms with van der Waals surface area (Å²) in [7, 11) is 0. The van der Waals surface area contributed by atoms with Crippen LogP contribution in [0.5, 0.6) is 0 Å². The molecule has 0 amide bonds. The fourth-order valence-electron chi connectivity index (χ4n) is 1.92. The van der Waals surface area contributed by atoms with E-state index in [0.717, 1.165) is 18.5 Å². The number of hydrogen-bond acceptors (Lipinski definition) is 1. The average molecular weight is 313 g/mol. The summed E-state index contributed by atoms with van der Waals surface area (Å²) in [6.07, 6.45) is 1.74. The first-order valence-corrected chi connectivity index (χ1v) is 6.59. The Kier molecular flexibility index (Phi) is 3.71. The highest BCUT2D eigenvalue weighted by molar-refractivity contribution is 9.10. The molecular weight excluding hydrogens is 299 g/mol. The van der Waals surface area contributed by atoms with Gasteiger partial charge in [-0.15, -0.1) is 0 Å². The molecule has 1 aromatic heterocycles. The van der Waals surface area contributed by atoms with Crippen molar-refractivity contribution >= 4 is 15.9 Å². The smallest absolute Gasteiger partial charge is 0.285 e. The molecule has 3 nitrogen and oxygen atoms in total. The maximum absolute atomic E-state index is 13.1. The summed E-state index contributed by atoms with van der Waals surface area (Å²) < 4.78 is 15.1. The molecule has 0 aliphatic carbocycles. The highest BCUT2D eigenvalue weighted by Gasteiger charge is 2.13. The third-order valence-electron chi connectivity index (χ3n) is 2.80. The molecule has 1 heterocycles. The van der Waals surface area contributed by atoms with Crippen molar-refractivity contribution in [2.24, 2.45) is 0 Å². The van der Waals surface area contributed by atoms with Crippen molar-refractivity contribution in [2.45, 2.75) is 26.7 Å². The lowest BCUT2D eigenvalue weighted by molar-refractivity contribution is 0.625. The third kappa shape index (κ3) is 2.27. The van der Waals surface area contributed by atoms with Gasteiger partial charge in [-0.1, -0.05) is 13.3 Å². The summed E-state index contributed by atoms with van der Waals surface area (Å²) in [6, 6.07) is 4.36. The van der Waals surface area contributed by atoms with Crippen molar-refractivity contribution in [3.63, 3.8) is 0 Å². The van der Waals surface area contributed by atoms with Crippen molar-refractivity contribution in [3.8, 4) is 5.69 Å². The molecule has 0 atom stereocenters. The van der Waals surface area contributed by atoms with E-state index in [2.05, 4.69) is 21.0 Å². The number of H-pyrrole nitrogens is 1. The van der Waals surface area contributed by atoms with E-state index in [1.54, 1.807) is 13.0 Å². The van der Waals surface area contributed by atoms with Gasteiger partial charge >= 0.3 is 0 Å². The number of benzene rings is 1. The van der Waals surface area contributed by atoms with Gasteiger partial charge in [0.05, 0.1) is 11.4 Å². The number of aryl methyl sites for hydroxylation is 2. The number of rotatable bonds is 3. The molecular formula is C13H14BrFN2O. The van der Waals surface area contributed by atoms with Crippen LogP contribution in [0.4, 0.5) is 4.39 Å². The fourth-order valence-corrected chi connectivity index (χ4v) is 2.38. The van der Waals surface area contributed by atoms with Crippen LogP contribution in [0, 0.1) is 12.7 Å². The molecule has 0 saturated carbocycles. The maximum atomic E-state index is 13.1. The molecule has 0 unspecified atom stereocenters. The molecule has 0 aliphatic rings. The molecule has 5 heteroatoms. The van der Waals surface area contributed by atoms with Gasteiger partial charge in [0.1, 0.15) is 10.3 Å². The predicted molar refractivity (Wildman–Crippen MR) is 72.8 cm³/mol. The van der Waals surface area contributed by atoms with Crippen molar-refractivity contribution in [2.75, 3.05) is 0 Å². The lowest BCUT2D eigenvalue weighted by Gasteiger charge is -2.05. The molecule has 1 aromatic carbocycles. The van der Waals surface area contributed by atoms with Crippen molar-refractivity contribution in [1.82, 2.24) is 9.78 Å². The Bertz CT molecular complexity index is 630. The SMILES string of the molecule is CCCc1[nH]n(-c2ccc(F)cc2C)c(=O)c1Br. The number of aromatic nitrogens is 2. The van der Waals surface area contributed by atoms with Crippen LogP contribution in [0.1, 0.15) is 24.6 Å². The van der Waals surface area contributed by atoms with Crippen molar-refractivity contribution < 1.29 is 4.39 Å². The molecule has 1 N–H and O–H groups in total. The zero-order valence-corrected chi connectivity index (χ0v) is 11.8. The zero-order chi connectivity index (χ0) is 13.3. The summed E-state index contributed by atoms with van der Waals surface area (Å²) in [4.78, 5) is 12.1. The number of nitrogens with zero attached hydrogens (tertiary/aromatic N) is 1. The van der Waals surface area contributed by atoms with E-state index in [9.17, 15) is 9.18 Å². The van der Waals surface area contributed by atoms with Crippen LogP contribution >= 0.6 is 15.9 Å². The van der Waals surface area contributed by atoms with Gasteiger partial charge in [-0.25, -0.2) is 9.07 Å². The van der Waals surface area contributed by atoms with Gasteiger partial charge in [0, 0.05) is 0 Å². The monoisotopic (exact) mass is 312 g/mol. The van der Waals surface area contributed by atoms with Crippen molar-refractivity contribution in [3.05, 3.63) is 50.1 Å². The largest absolute Gasteiger partial charge is 0.294 e. The molecule has 0 fully saturated rings. The average Bonchev–Trinajstić information content (AvgIpc) is 2.58. The quantitative estimate of drug-likeness (QED) is 0.927. The Balaban J connectivity index is 2.57. The van der Waals surface area contributed by atoms with Crippen LogP contribution in [-0.2, 0) is 6.42 Å². The van der Waals surface area contributed by atoms with Gasteiger partial charge in [-0.2, -0.15) is 0 Å². The van der Waals surface area contributed by atoms with Gasteiger partial charge < -0.3 is 0 Å². The summed E-state index contributed by atoms with van der Waals surface area (Å²) in [5, 5.41) is 3.06. The standard InChI is InChI=1S/C13H14BrFN2O/c1-3-4-10-12(14)13(18)17(16-10)11-6-5-9(15)7-8(11)2/h5-7,16H,3-4H2,1-2H3. The molecule has 0 bridgehead atoms. The fraction of sp³-hybridized carbons (Fsp3) is 0.308. The minimum Gasteiger partial charge on any atom is -0.294 e. The minimum atomic E-state index is -0.302. The Hall–Kier alpha value is -1.36. The van der Waals surface area contributed by atoms with Crippen molar-refractivity contribution in [1.29, 1.82) is 0 Å². The van der Waals surface area contributed by atoms with Gasteiger partial charge in [0.2, 0.25) is 0 Å². The number of hydrogen-bond donors (Lipinski definition) is 1. The van der Waals surface area contributed by atoms with E-state index < -0.39 is 0 Å². The number of halogens is 2. The summed E-state index contributed by atoms with van der Waals surface area (Å²) in [5.74, 6) is -0.302. The first-order chi connectivity index (χ1) is 8.54. The molecule has 2 aromatic rings. The van der Waals surface area contributed by atoms with E-state index in [0.29, 0.717) is 15.7 Å². The lowest BCUT2D eigenvalue weighted by atomic mass is 10.2. The number of nitrogens with one attached hydrogen (secondary N) is 1. The van der Waals surface area contributed by atoms with Gasteiger partial charge in [-0.3, -0.25) is 9.89 Å². The summed E-state index contributed by atoms with van der Waals surface area (Å²) in [6.45, 7) is 3.82.